The number of rotatable bonds is 2. The van der Waals surface area contributed by atoms with Gasteiger partial charge in [0.05, 0.1) is 17.2 Å². The van der Waals surface area contributed by atoms with Gasteiger partial charge < -0.3 is 10.6 Å². The Morgan fingerprint density at radius 3 is 2.75 bits per heavy atom. The van der Waals surface area contributed by atoms with E-state index in [1.165, 1.54) is 11.0 Å². The van der Waals surface area contributed by atoms with Crippen molar-refractivity contribution in [2.45, 2.75) is 6.04 Å². The predicted octanol–water partition coefficient (Wildman–Crippen LogP) is 0.408. The van der Waals surface area contributed by atoms with Gasteiger partial charge in [0, 0.05) is 6.07 Å². The minimum atomic E-state index is -0.925. The van der Waals surface area contributed by atoms with E-state index < -0.39 is 22.5 Å². The first kappa shape index (κ1) is 10.5. The summed E-state index contributed by atoms with van der Waals surface area (Å²) in [5.41, 5.74) is 5.02. The molecule has 1 fully saturated rings. The lowest BCUT2D eigenvalue weighted by molar-refractivity contribution is -0.387. The molecule has 0 saturated carbocycles. The molecule has 1 aromatic rings. The largest absolute Gasteiger partial charge is 0.318 e. The molecule has 0 radical (unpaired) electrons. The lowest BCUT2D eigenvalue weighted by Crippen LogP contribution is -2.61. The minimum Gasteiger partial charge on any atom is -0.318 e. The van der Waals surface area contributed by atoms with Gasteiger partial charge >= 0.3 is 5.69 Å². The van der Waals surface area contributed by atoms with Crippen molar-refractivity contribution in [3.8, 4) is 0 Å². The monoisotopic (exact) mass is 225 g/mol. The zero-order valence-corrected chi connectivity index (χ0v) is 8.09. The van der Waals surface area contributed by atoms with Crippen LogP contribution in [0.5, 0.6) is 0 Å². The van der Waals surface area contributed by atoms with Crippen LogP contribution in [0.1, 0.15) is 0 Å². The number of benzene rings is 1. The zero-order chi connectivity index (χ0) is 11.9. The highest BCUT2D eigenvalue weighted by Gasteiger charge is 2.35. The average Bonchev–Trinajstić information content (AvgIpc) is 2.26. The fourth-order valence-corrected chi connectivity index (χ4v) is 1.49. The molecule has 7 heteroatoms. The van der Waals surface area contributed by atoms with E-state index in [9.17, 15) is 19.3 Å². The lowest BCUT2D eigenvalue weighted by Gasteiger charge is -2.35. The standard InChI is InChI=1S/C9H8FN3O3/c10-6-2-1-5(3-8(6)13(15)16)12-4-7(11)9(12)14/h1-3,7H,4,11H2. The van der Waals surface area contributed by atoms with E-state index >= 15 is 0 Å². The second-order valence-electron chi connectivity index (χ2n) is 3.45. The summed E-state index contributed by atoms with van der Waals surface area (Å²) >= 11 is 0. The van der Waals surface area contributed by atoms with Gasteiger partial charge in [-0.2, -0.15) is 4.39 Å². The number of hydrogen-bond acceptors (Lipinski definition) is 4. The third-order valence-electron chi connectivity index (χ3n) is 2.40. The number of anilines is 1. The Morgan fingerprint density at radius 2 is 2.25 bits per heavy atom. The molecule has 1 aliphatic heterocycles. The van der Waals surface area contributed by atoms with Gasteiger partial charge in [0.15, 0.2) is 0 Å². The maximum Gasteiger partial charge on any atom is 0.306 e. The number of nitro groups is 1. The molecule has 16 heavy (non-hydrogen) atoms. The van der Waals surface area contributed by atoms with Crippen molar-refractivity contribution in [2.75, 3.05) is 11.4 Å². The molecular formula is C9H8FN3O3. The summed E-state index contributed by atoms with van der Waals surface area (Å²) in [6.45, 7) is 0.293. The molecule has 1 aromatic carbocycles. The van der Waals surface area contributed by atoms with Crippen molar-refractivity contribution in [3.05, 3.63) is 34.1 Å². The second-order valence-corrected chi connectivity index (χ2v) is 3.45. The highest BCUT2D eigenvalue weighted by Crippen LogP contribution is 2.27. The summed E-state index contributed by atoms with van der Waals surface area (Å²) in [6, 6.07) is 2.74. The number of amides is 1. The van der Waals surface area contributed by atoms with E-state index in [4.69, 9.17) is 5.73 Å². The summed E-state index contributed by atoms with van der Waals surface area (Å²) in [5.74, 6) is -1.24. The SMILES string of the molecule is NC1CN(c2ccc(F)c([N+](=O)[O-])c2)C1=O. The van der Waals surface area contributed by atoms with E-state index in [0.717, 1.165) is 12.1 Å². The van der Waals surface area contributed by atoms with Crippen LogP contribution in [0.2, 0.25) is 0 Å². The Balaban J connectivity index is 2.34. The summed E-state index contributed by atoms with van der Waals surface area (Å²) in [6.07, 6.45) is 0. The van der Waals surface area contributed by atoms with Crippen LogP contribution in [-0.4, -0.2) is 23.4 Å². The van der Waals surface area contributed by atoms with Gasteiger partial charge in [0.1, 0.15) is 6.04 Å². The average molecular weight is 225 g/mol. The van der Waals surface area contributed by atoms with Crippen molar-refractivity contribution in [2.24, 2.45) is 5.73 Å². The number of β-lactam (4-membered cyclic amide) rings is 1. The summed E-state index contributed by atoms with van der Waals surface area (Å²) in [7, 11) is 0. The molecule has 84 valence electrons. The topological polar surface area (TPSA) is 89.5 Å². The highest BCUT2D eigenvalue weighted by atomic mass is 19.1. The predicted molar refractivity (Wildman–Crippen MR) is 53.4 cm³/mol. The Morgan fingerprint density at radius 1 is 1.56 bits per heavy atom. The molecule has 0 aromatic heterocycles. The van der Waals surface area contributed by atoms with Crippen LogP contribution in [0.3, 0.4) is 0 Å². The van der Waals surface area contributed by atoms with E-state index in [0.29, 0.717) is 12.2 Å². The number of nitrogens with two attached hydrogens (primary N) is 1. The van der Waals surface area contributed by atoms with Crippen LogP contribution >= 0.6 is 0 Å². The molecule has 0 spiro atoms. The van der Waals surface area contributed by atoms with Crippen LogP contribution in [-0.2, 0) is 4.79 Å². The first-order valence-electron chi connectivity index (χ1n) is 4.51. The molecule has 1 saturated heterocycles. The molecule has 1 atom stereocenters. The number of halogens is 1. The van der Waals surface area contributed by atoms with Crippen LogP contribution in [0, 0.1) is 15.9 Å². The van der Waals surface area contributed by atoms with Crippen LogP contribution in [0.25, 0.3) is 0 Å². The fraction of sp³-hybridized carbons (Fsp3) is 0.222. The molecule has 1 unspecified atom stereocenters. The smallest absolute Gasteiger partial charge is 0.306 e. The lowest BCUT2D eigenvalue weighted by atomic mass is 10.1. The number of nitrogens with zero attached hydrogens (tertiary/aromatic N) is 2. The molecule has 6 nitrogen and oxygen atoms in total. The van der Waals surface area contributed by atoms with Gasteiger partial charge in [-0.25, -0.2) is 0 Å². The summed E-state index contributed by atoms with van der Waals surface area (Å²) < 4.78 is 13.0. The Labute approximate surface area is 89.6 Å². The number of carbonyl (C=O) groups is 1. The zero-order valence-electron chi connectivity index (χ0n) is 8.09. The quantitative estimate of drug-likeness (QED) is 0.448. The van der Waals surface area contributed by atoms with Gasteiger partial charge in [-0.05, 0) is 12.1 Å². The normalized spacial score (nSPS) is 19.5. The number of nitro benzene ring substituents is 1. The fourth-order valence-electron chi connectivity index (χ4n) is 1.49. The van der Waals surface area contributed by atoms with Crippen molar-refractivity contribution in [1.29, 1.82) is 0 Å². The van der Waals surface area contributed by atoms with Crippen molar-refractivity contribution >= 4 is 17.3 Å². The first-order valence-corrected chi connectivity index (χ1v) is 4.51. The molecule has 2 N–H and O–H groups in total. The summed E-state index contributed by atoms with van der Waals surface area (Å²) in [4.78, 5) is 22.2. The molecule has 0 bridgehead atoms. The third kappa shape index (κ3) is 1.50. The van der Waals surface area contributed by atoms with Crippen molar-refractivity contribution in [3.63, 3.8) is 0 Å². The molecule has 2 rings (SSSR count). The molecule has 0 aliphatic carbocycles. The third-order valence-corrected chi connectivity index (χ3v) is 2.40. The number of hydrogen-bond donors (Lipinski definition) is 1. The van der Waals surface area contributed by atoms with E-state index in [1.807, 2.05) is 0 Å². The molecule has 1 aliphatic rings. The van der Waals surface area contributed by atoms with Crippen molar-refractivity contribution in [1.82, 2.24) is 0 Å². The Kier molecular flexibility index (Phi) is 2.31. The molecular weight excluding hydrogens is 217 g/mol. The first-order chi connectivity index (χ1) is 7.50. The maximum absolute atomic E-state index is 13.0. The molecule has 1 amide bonds. The maximum atomic E-state index is 13.0. The van der Waals surface area contributed by atoms with E-state index in [2.05, 4.69) is 0 Å². The van der Waals surface area contributed by atoms with Gasteiger partial charge in [0.25, 0.3) is 0 Å². The van der Waals surface area contributed by atoms with Gasteiger partial charge in [-0.3, -0.25) is 14.9 Å². The van der Waals surface area contributed by atoms with E-state index in [-0.39, 0.29) is 5.91 Å². The van der Waals surface area contributed by atoms with Crippen molar-refractivity contribution < 1.29 is 14.1 Å². The second kappa shape index (κ2) is 3.53. The Bertz CT molecular complexity index is 477. The van der Waals surface area contributed by atoms with Crippen LogP contribution < -0.4 is 10.6 Å². The van der Waals surface area contributed by atoms with Gasteiger partial charge in [0.2, 0.25) is 11.7 Å². The summed E-state index contributed by atoms with van der Waals surface area (Å²) in [5, 5.41) is 10.5. The molecule has 1 heterocycles. The minimum absolute atomic E-state index is 0.291. The number of carbonyl (C=O) groups excluding carboxylic acids is 1. The van der Waals surface area contributed by atoms with Gasteiger partial charge in [-0.15, -0.1) is 0 Å². The Hall–Kier alpha value is -2.02. The highest BCUT2D eigenvalue weighted by molar-refractivity contribution is 6.04. The van der Waals surface area contributed by atoms with Crippen LogP contribution in [0.4, 0.5) is 15.8 Å². The van der Waals surface area contributed by atoms with E-state index in [1.54, 1.807) is 0 Å². The van der Waals surface area contributed by atoms with Crippen LogP contribution in [0.15, 0.2) is 18.2 Å². The van der Waals surface area contributed by atoms with Gasteiger partial charge in [-0.1, -0.05) is 0 Å².